The summed E-state index contributed by atoms with van der Waals surface area (Å²) < 4.78 is 24.1. The maximum atomic E-state index is 12.0. The molecule has 0 aromatic heterocycles. The first kappa shape index (κ1) is 10.7. The van der Waals surface area contributed by atoms with Gasteiger partial charge in [0.1, 0.15) is 0 Å². The van der Waals surface area contributed by atoms with E-state index in [1.807, 2.05) is 12.1 Å². The van der Waals surface area contributed by atoms with Crippen molar-refractivity contribution in [2.24, 2.45) is 0 Å². The van der Waals surface area contributed by atoms with Gasteiger partial charge in [0.15, 0.2) is 0 Å². The molecule has 0 saturated heterocycles. The van der Waals surface area contributed by atoms with Crippen molar-refractivity contribution in [1.82, 2.24) is 0 Å². The zero-order valence-electron chi connectivity index (χ0n) is 8.25. The highest BCUT2D eigenvalue weighted by Gasteiger charge is 2.16. The first-order valence-corrected chi connectivity index (χ1v) is 5.93. The molecule has 1 N–H and O–H groups in total. The highest BCUT2D eigenvalue weighted by Crippen LogP contribution is 2.28. The van der Waals surface area contributed by atoms with Gasteiger partial charge < -0.3 is 5.32 Å². The summed E-state index contributed by atoms with van der Waals surface area (Å²) in [6.07, 6.45) is 3.72. The van der Waals surface area contributed by atoms with Crippen molar-refractivity contribution < 1.29 is 8.78 Å². The molecule has 2 rings (SSSR count). The van der Waals surface area contributed by atoms with E-state index in [0.29, 0.717) is 22.7 Å². The number of alkyl halides is 2. The molecule has 1 aliphatic rings. The van der Waals surface area contributed by atoms with Crippen LogP contribution in [0.1, 0.15) is 19.3 Å². The van der Waals surface area contributed by atoms with E-state index >= 15 is 0 Å². The fourth-order valence-corrected chi connectivity index (χ4v) is 2.02. The predicted octanol–water partition coefficient (Wildman–Crippen LogP) is 3.97. The zero-order valence-corrected chi connectivity index (χ0v) is 9.07. The van der Waals surface area contributed by atoms with Crippen molar-refractivity contribution in [3.8, 4) is 0 Å². The fraction of sp³-hybridized carbons (Fsp3) is 0.455. The molecule has 0 amide bonds. The lowest BCUT2D eigenvalue weighted by molar-refractivity contribution is 0.252. The smallest absolute Gasteiger partial charge is 0.288 e. The molecule has 1 aromatic rings. The Morgan fingerprint density at radius 1 is 1.20 bits per heavy atom. The standard InChI is InChI=1S/C11H13F2NS/c12-11(13)15-10-6-4-9(5-7-10)14-8-2-1-3-8/h4-8,11,14H,1-3H2. The lowest BCUT2D eigenvalue weighted by Gasteiger charge is -2.27. The van der Waals surface area contributed by atoms with Crippen molar-refractivity contribution in [2.45, 2.75) is 36.0 Å². The van der Waals surface area contributed by atoms with E-state index in [1.54, 1.807) is 12.1 Å². The molecule has 1 fully saturated rings. The molecule has 0 atom stereocenters. The van der Waals surface area contributed by atoms with Crippen molar-refractivity contribution in [1.29, 1.82) is 0 Å². The normalized spacial score (nSPS) is 16.5. The number of nitrogens with one attached hydrogen (secondary N) is 1. The number of hydrogen-bond donors (Lipinski definition) is 1. The van der Waals surface area contributed by atoms with Gasteiger partial charge in [-0.1, -0.05) is 11.8 Å². The van der Waals surface area contributed by atoms with Gasteiger partial charge in [0.25, 0.3) is 5.76 Å². The third-order valence-electron chi connectivity index (χ3n) is 2.56. The first-order chi connectivity index (χ1) is 7.24. The third kappa shape index (κ3) is 3.09. The van der Waals surface area contributed by atoms with Crippen LogP contribution < -0.4 is 5.32 Å². The maximum absolute atomic E-state index is 12.0. The minimum atomic E-state index is -2.34. The average molecular weight is 229 g/mol. The Bertz CT molecular complexity index is 309. The van der Waals surface area contributed by atoms with Gasteiger partial charge in [-0.05, 0) is 43.5 Å². The van der Waals surface area contributed by atoms with Crippen LogP contribution in [0.15, 0.2) is 29.2 Å². The number of anilines is 1. The molecule has 82 valence electrons. The zero-order chi connectivity index (χ0) is 10.7. The molecular formula is C11H13F2NS. The summed E-state index contributed by atoms with van der Waals surface area (Å²) in [5, 5.41) is 3.36. The van der Waals surface area contributed by atoms with Crippen molar-refractivity contribution in [2.75, 3.05) is 5.32 Å². The Balaban J connectivity index is 1.91. The summed E-state index contributed by atoms with van der Waals surface area (Å²) in [4.78, 5) is 0.615. The van der Waals surface area contributed by atoms with E-state index < -0.39 is 5.76 Å². The highest BCUT2D eigenvalue weighted by molar-refractivity contribution is 7.99. The third-order valence-corrected chi connectivity index (χ3v) is 3.28. The van der Waals surface area contributed by atoms with E-state index in [0.717, 1.165) is 5.69 Å². The molecule has 0 unspecified atom stereocenters. The molecule has 0 aliphatic heterocycles. The lowest BCUT2D eigenvalue weighted by atomic mass is 9.93. The number of rotatable bonds is 4. The highest BCUT2D eigenvalue weighted by atomic mass is 32.2. The molecule has 15 heavy (non-hydrogen) atoms. The second-order valence-electron chi connectivity index (χ2n) is 3.68. The summed E-state index contributed by atoms with van der Waals surface area (Å²) in [7, 11) is 0. The van der Waals surface area contributed by atoms with E-state index in [-0.39, 0.29) is 0 Å². The van der Waals surface area contributed by atoms with Gasteiger partial charge in [0.05, 0.1) is 0 Å². The van der Waals surface area contributed by atoms with E-state index in [9.17, 15) is 8.78 Å². The lowest BCUT2D eigenvalue weighted by Crippen LogP contribution is -2.26. The van der Waals surface area contributed by atoms with E-state index in [1.165, 1.54) is 19.3 Å². The van der Waals surface area contributed by atoms with Gasteiger partial charge in [-0.15, -0.1) is 0 Å². The van der Waals surface area contributed by atoms with Crippen molar-refractivity contribution in [3.05, 3.63) is 24.3 Å². The maximum Gasteiger partial charge on any atom is 0.288 e. The molecule has 0 bridgehead atoms. The van der Waals surface area contributed by atoms with Gasteiger partial charge in [0.2, 0.25) is 0 Å². The summed E-state index contributed by atoms with van der Waals surface area (Å²) in [6, 6.07) is 7.78. The van der Waals surface area contributed by atoms with Crippen LogP contribution in [0.3, 0.4) is 0 Å². The van der Waals surface area contributed by atoms with Crippen LogP contribution in [0, 0.1) is 0 Å². The molecule has 0 radical (unpaired) electrons. The minimum Gasteiger partial charge on any atom is -0.382 e. The minimum absolute atomic E-state index is 0.582. The Hall–Kier alpha value is -0.770. The van der Waals surface area contributed by atoms with E-state index in [4.69, 9.17) is 0 Å². The van der Waals surface area contributed by atoms with Crippen LogP contribution in [0.2, 0.25) is 0 Å². The molecule has 4 heteroatoms. The van der Waals surface area contributed by atoms with Crippen molar-refractivity contribution in [3.63, 3.8) is 0 Å². The molecular weight excluding hydrogens is 216 g/mol. The molecule has 0 heterocycles. The number of thioether (sulfide) groups is 1. The van der Waals surface area contributed by atoms with Gasteiger partial charge >= 0.3 is 0 Å². The second kappa shape index (κ2) is 4.84. The van der Waals surface area contributed by atoms with Crippen LogP contribution in [0.4, 0.5) is 14.5 Å². The van der Waals surface area contributed by atoms with Crippen molar-refractivity contribution >= 4 is 17.4 Å². The average Bonchev–Trinajstić information content (AvgIpc) is 2.13. The SMILES string of the molecule is FC(F)Sc1ccc(NC2CCC2)cc1. The monoisotopic (exact) mass is 229 g/mol. The van der Waals surface area contributed by atoms with Gasteiger partial charge in [-0.2, -0.15) is 8.78 Å². The Kier molecular flexibility index (Phi) is 3.46. The van der Waals surface area contributed by atoms with Gasteiger partial charge in [0, 0.05) is 16.6 Å². The molecule has 1 aliphatic carbocycles. The summed E-state index contributed by atoms with van der Waals surface area (Å²) in [5.41, 5.74) is 1.03. The van der Waals surface area contributed by atoms with Gasteiger partial charge in [-0.3, -0.25) is 0 Å². The van der Waals surface area contributed by atoms with Crippen LogP contribution in [0.5, 0.6) is 0 Å². The van der Waals surface area contributed by atoms with Gasteiger partial charge in [-0.25, -0.2) is 0 Å². The Labute approximate surface area is 92.3 Å². The molecule has 0 spiro atoms. The quantitative estimate of drug-likeness (QED) is 0.784. The second-order valence-corrected chi connectivity index (χ2v) is 4.74. The van der Waals surface area contributed by atoms with Crippen LogP contribution in [-0.4, -0.2) is 11.8 Å². The topological polar surface area (TPSA) is 12.0 Å². The number of halogens is 2. The Morgan fingerprint density at radius 2 is 1.87 bits per heavy atom. The van der Waals surface area contributed by atoms with Crippen LogP contribution in [-0.2, 0) is 0 Å². The summed E-state index contributed by atoms with van der Waals surface area (Å²) in [5.74, 6) is -2.34. The Morgan fingerprint density at radius 3 is 2.33 bits per heavy atom. The molecule has 1 nitrogen and oxygen atoms in total. The number of hydrogen-bond acceptors (Lipinski definition) is 2. The molecule has 1 aromatic carbocycles. The largest absolute Gasteiger partial charge is 0.382 e. The summed E-state index contributed by atoms with van der Waals surface area (Å²) >= 11 is 0.585. The summed E-state index contributed by atoms with van der Waals surface area (Å²) in [6.45, 7) is 0. The van der Waals surface area contributed by atoms with E-state index in [2.05, 4.69) is 5.32 Å². The number of benzene rings is 1. The fourth-order valence-electron chi connectivity index (χ4n) is 1.52. The van der Waals surface area contributed by atoms with Crippen LogP contribution >= 0.6 is 11.8 Å². The predicted molar refractivity (Wildman–Crippen MR) is 59.6 cm³/mol. The van der Waals surface area contributed by atoms with Crippen LogP contribution in [0.25, 0.3) is 0 Å². The first-order valence-electron chi connectivity index (χ1n) is 5.05. The molecule has 1 saturated carbocycles.